The molecule has 3 aliphatic rings. The Morgan fingerprint density at radius 1 is 0.440 bits per heavy atom. The summed E-state index contributed by atoms with van der Waals surface area (Å²) in [6.45, 7) is 0. The number of aliphatic imine (C=N–C) groups is 6. The van der Waals surface area contributed by atoms with E-state index in [1.54, 1.807) is 0 Å². The fraction of sp³-hybridized carbons (Fsp3) is 0.333. The predicted octanol–water partition coefficient (Wildman–Crippen LogP) is 2.28. The van der Waals surface area contributed by atoms with E-state index < -0.39 is 53.9 Å². The number of amidine groups is 3. The number of nitrogens with zero attached hydrogens (tertiary/aromatic N) is 7. The third-order valence-electron chi connectivity index (χ3n) is 2.60. The fourth-order valence-electron chi connectivity index (χ4n) is 1.67. The minimum absolute atomic E-state index is 0.236. The zero-order valence-corrected chi connectivity index (χ0v) is 11.0. The van der Waals surface area contributed by atoms with Crippen molar-refractivity contribution < 1.29 is 39.5 Å². The van der Waals surface area contributed by atoms with Gasteiger partial charge in [0.2, 0.25) is 35.4 Å². The first-order valence-corrected chi connectivity index (χ1v) is 5.80. The quantitative estimate of drug-likeness (QED) is 0.597. The zero-order chi connectivity index (χ0) is 18.8. The Kier molecular flexibility index (Phi) is 3.31. The van der Waals surface area contributed by atoms with Gasteiger partial charge in [0.15, 0.2) is 0 Å². The molecule has 3 rings (SSSR count). The SMILES string of the molecule is FC(F)(F)C1=NC2=NC(C(F)(F)F)=NC3=NC(C(F)(F)F)=NC(=N1)N23. The molecule has 0 amide bonds. The van der Waals surface area contributed by atoms with E-state index in [-0.39, 0.29) is 4.90 Å². The van der Waals surface area contributed by atoms with Crippen molar-refractivity contribution in [2.24, 2.45) is 30.0 Å². The number of hydrogen-bond donors (Lipinski definition) is 0. The summed E-state index contributed by atoms with van der Waals surface area (Å²) >= 11 is 0. The molecular formula is C9F9N7. The molecule has 0 atom stereocenters. The molecule has 0 spiro atoms. The topological polar surface area (TPSA) is 77.4 Å². The Labute approximate surface area is 129 Å². The molecule has 0 aromatic carbocycles. The normalized spacial score (nSPS) is 20.8. The second kappa shape index (κ2) is 4.85. The van der Waals surface area contributed by atoms with Crippen LogP contribution in [0.2, 0.25) is 0 Å². The van der Waals surface area contributed by atoms with Crippen LogP contribution in [0.5, 0.6) is 0 Å². The van der Waals surface area contributed by atoms with Crippen LogP contribution in [0.15, 0.2) is 30.0 Å². The minimum atomic E-state index is -5.27. The number of rotatable bonds is 0. The highest BCUT2D eigenvalue weighted by Gasteiger charge is 2.49. The summed E-state index contributed by atoms with van der Waals surface area (Å²) in [6.07, 6.45) is -15.8. The highest BCUT2D eigenvalue weighted by molar-refractivity contribution is 6.31. The standard InChI is InChI=1S/C9F9N7/c10-7(11,12)1-19-4-21-2(8(13,14)15)23-6-24-3(9(16,17)18)22-5(20-1)25(4)6. The van der Waals surface area contributed by atoms with Crippen molar-refractivity contribution in [1.82, 2.24) is 4.90 Å². The van der Waals surface area contributed by atoms with Gasteiger partial charge in [0.05, 0.1) is 0 Å². The molecule has 0 saturated heterocycles. The van der Waals surface area contributed by atoms with Crippen LogP contribution in [0.1, 0.15) is 0 Å². The average Bonchev–Trinajstić information content (AvgIpc) is 2.43. The van der Waals surface area contributed by atoms with Crippen molar-refractivity contribution in [3.8, 4) is 0 Å². The van der Waals surface area contributed by atoms with Gasteiger partial charge >= 0.3 is 18.5 Å². The average molecular weight is 377 g/mol. The predicted molar refractivity (Wildman–Crippen MR) is 64.6 cm³/mol. The number of guanidine groups is 3. The van der Waals surface area contributed by atoms with Crippen LogP contribution in [-0.4, -0.2) is 58.8 Å². The maximum absolute atomic E-state index is 12.7. The van der Waals surface area contributed by atoms with E-state index in [1.807, 2.05) is 0 Å². The van der Waals surface area contributed by atoms with Gasteiger partial charge in [-0.3, -0.25) is 0 Å². The van der Waals surface area contributed by atoms with Crippen molar-refractivity contribution >= 4 is 35.4 Å². The van der Waals surface area contributed by atoms with Gasteiger partial charge in [-0.15, -0.1) is 0 Å². The smallest absolute Gasteiger partial charge is 0.213 e. The van der Waals surface area contributed by atoms with Gasteiger partial charge in [0.25, 0.3) is 0 Å². The third kappa shape index (κ3) is 2.98. The van der Waals surface area contributed by atoms with E-state index >= 15 is 0 Å². The number of hydrogen-bond acceptors (Lipinski definition) is 7. The van der Waals surface area contributed by atoms with Gasteiger partial charge in [-0.2, -0.15) is 69.5 Å². The van der Waals surface area contributed by atoms with Crippen molar-refractivity contribution in [3.05, 3.63) is 0 Å². The van der Waals surface area contributed by atoms with Crippen molar-refractivity contribution in [1.29, 1.82) is 0 Å². The first kappa shape index (κ1) is 17.0. The molecule has 0 saturated carbocycles. The highest BCUT2D eigenvalue weighted by atomic mass is 19.4. The van der Waals surface area contributed by atoms with Crippen molar-refractivity contribution in [2.75, 3.05) is 0 Å². The maximum Gasteiger partial charge on any atom is 0.451 e. The van der Waals surface area contributed by atoms with Gasteiger partial charge in [-0.1, -0.05) is 0 Å². The summed E-state index contributed by atoms with van der Waals surface area (Å²) in [4.78, 5) is 16.9. The molecule has 0 unspecified atom stereocenters. The van der Waals surface area contributed by atoms with Crippen molar-refractivity contribution in [3.63, 3.8) is 0 Å². The van der Waals surface area contributed by atoms with Crippen LogP contribution in [0, 0.1) is 0 Å². The van der Waals surface area contributed by atoms with Crippen LogP contribution >= 0.6 is 0 Å². The highest BCUT2D eigenvalue weighted by Crippen LogP contribution is 2.29. The molecule has 0 aliphatic carbocycles. The second-order valence-electron chi connectivity index (χ2n) is 4.37. The van der Waals surface area contributed by atoms with E-state index in [2.05, 4.69) is 30.0 Å². The second-order valence-corrected chi connectivity index (χ2v) is 4.37. The molecule has 3 aliphatic heterocycles. The molecule has 25 heavy (non-hydrogen) atoms. The summed E-state index contributed by atoms with van der Waals surface area (Å²) in [5.41, 5.74) is 0. The van der Waals surface area contributed by atoms with Crippen LogP contribution in [0.25, 0.3) is 0 Å². The largest absolute Gasteiger partial charge is 0.451 e. The first-order chi connectivity index (χ1) is 11.3. The number of halogens is 9. The van der Waals surface area contributed by atoms with Gasteiger partial charge < -0.3 is 0 Å². The van der Waals surface area contributed by atoms with Crippen LogP contribution in [-0.2, 0) is 0 Å². The Morgan fingerprint density at radius 2 is 0.680 bits per heavy atom. The van der Waals surface area contributed by atoms with Gasteiger partial charge in [-0.05, 0) is 0 Å². The fourth-order valence-corrected chi connectivity index (χ4v) is 1.67. The molecule has 134 valence electrons. The van der Waals surface area contributed by atoms with E-state index in [0.29, 0.717) is 0 Å². The van der Waals surface area contributed by atoms with Crippen molar-refractivity contribution in [2.45, 2.75) is 18.5 Å². The Hall–Kier alpha value is -2.81. The molecule has 0 aromatic rings. The van der Waals surface area contributed by atoms with Gasteiger partial charge in [0.1, 0.15) is 0 Å². The Bertz CT molecular complexity index is 708. The lowest BCUT2D eigenvalue weighted by molar-refractivity contribution is -0.0600. The Balaban J connectivity index is 2.24. The van der Waals surface area contributed by atoms with E-state index in [0.717, 1.165) is 0 Å². The molecule has 16 heteroatoms. The van der Waals surface area contributed by atoms with Crippen LogP contribution in [0.3, 0.4) is 0 Å². The summed E-state index contributed by atoms with van der Waals surface area (Å²) in [7, 11) is 0. The van der Waals surface area contributed by atoms with E-state index in [4.69, 9.17) is 0 Å². The zero-order valence-electron chi connectivity index (χ0n) is 11.0. The summed E-state index contributed by atoms with van der Waals surface area (Å²) in [5.74, 6) is -9.84. The van der Waals surface area contributed by atoms with Crippen LogP contribution in [0.4, 0.5) is 39.5 Å². The molecule has 0 bridgehead atoms. The Morgan fingerprint density at radius 3 is 0.880 bits per heavy atom. The molecule has 0 radical (unpaired) electrons. The summed E-state index contributed by atoms with van der Waals surface area (Å²) in [5, 5.41) is 0. The summed E-state index contributed by atoms with van der Waals surface area (Å²) < 4.78 is 115. The molecule has 0 N–H and O–H groups in total. The molecule has 7 nitrogen and oxygen atoms in total. The van der Waals surface area contributed by atoms with Gasteiger partial charge in [-0.25, -0.2) is 4.90 Å². The van der Waals surface area contributed by atoms with E-state index in [1.165, 1.54) is 0 Å². The first-order valence-electron chi connectivity index (χ1n) is 5.80. The summed E-state index contributed by atoms with van der Waals surface area (Å²) in [6, 6.07) is 0. The lowest BCUT2D eigenvalue weighted by Crippen LogP contribution is -2.51. The minimum Gasteiger partial charge on any atom is -0.213 e. The monoisotopic (exact) mass is 377 g/mol. The molecule has 0 fully saturated rings. The maximum atomic E-state index is 12.7. The third-order valence-corrected chi connectivity index (χ3v) is 2.60. The van der Waals surface area contributed by atoms with E-state index in [9.17, 15) is 39.5 Å². The lowest BCUT2D eigenvalue weighted by Gasteiger charge is -2.30. The molecular weight excluding hydrogens is 377 g/mol. The lowest BCUT2D eigenvalue weighted by atomic mass is 10.4. The molecule has 0 aromatic heterocycles. The molecule has 3 heterocycles. The van der Waals surface area contributed by atoms with Gasteiger partial charge in [0, 0.05) is 0 Å². The van der Waals surface area contributed by atoms with Crippen LogP contribution < -0.4 is 0 Å². The number of alkyl halides is 9.